The van der Waals surface area contributed by atoms with Gasteiger partial charge in [0.15, 0.2) is 0 Å². The average Bonchev–Trinajstić information content (AvgIpc) is 3.26. The number of hydrogen-bond donors (Lipinski definition) is 2. The Kier molecular flexibility index (Phi) is 7.12. The number of nitrogens with one attached hydrogen (secondary N) is 1. The molecule has 0 radical (unpaired) electrons. The SMILES string of the molecule is CC(CCc1cccc(F)c1)C(=O)NC(CN)C1CC1.Cl. The van der Waals surface area contributed by atoms with Crippen molar-refractivity contribution in [2.24, 2.45) is 17.6 Å². The second-order valence-corrected chi connectivity index (χ2v) is 5.76. The number of carbonyl (C=O) groups excluding carboxylic acids is 1. The van der Waals surface area contributed by atoms with Crippen molar-refractivity contribution in [2.45, 2.75) is 38.6 Å². The normalized spacial score (nSPS) is 16.7. The summed E-state index contributed by atoms with van der Waals surface area (Å²) < 4.78 is 13.1. The minimum absolute atomic E-state index is 0. The minimum Gasteiger partial charge on any atom is -0.352 e. The van der Waals surface area contributed by atoms with E-state index in [2.05, 4.69) is 5.32 Å². The van der Waals surface area contributed by atoms with Crippen LogP contribution in [0.1, 0.15) is 31.7 Å². The van der Waals surface area contributed by atoms with Gasteiger partial charge in [0.05, 0.1) is 0 Å². The standard InChI is InChI=1S/C16H23FN2O.ClH/c1-11(5-6-12-3-2-4-14(17)9-12)16(20)19-15(10-18)13-7-8-13;/h2-4,9,11,13,15H,5-8,10,18H2,1H3,(H,19,20);1H. The first-order valence-corrected chi connectivity index (χ1v) is 7.35. The first-order chi connectivity index (χ1) is 9.60. The van der Waals surface area contributed by atoms with E-state index in [0.29, 0.717) is 18.9 Å². The lowest BCUT2D eigenvalue weighted by Crippen LogP contribution is -2.44. The van der Waals surface area contributed by atoms with Crippen LogP contribution in [-0.2, 0) is 11.2 Å². The highest BCUT2D eigenvalue weighted by atomic mass is 35.5. The van der Waals surface area contributed by atoms with Gasteiger partial charge in [0.25, 0.3) is 0 Å². The van der Waals surface area contributed by atoms with Crippen molar-refractivity contribution >= 4 is 18.3 Å². The Morgan fingerprint density at radius 1 is 1.48 bits per heavy atom. The lowest BCUT2D eigenvalue weighted by Gasteiger charge is -2.19. The smallest absolute Gasteiger partial charge is 0.223 e. The molecule has 2 atom stereocenters. The van der Waals surface area contributed by atoms with Gasteiger partial charge in [-0.3, -0.25) is 4.79 Å². The summed E-state index contributed by atoms with van der Waals surface area (Å²) in [5, 5.41) is 3.04. The Bertz CT molecular complexity index is 465. The van der Waals surface area contributed by atoms with E-state index in [4.69, 9.17) is 5.73 Å². The topological polar surface area (TPSA) is 55.1 Å². The molecule has 1 aromatic rings. The van der Waals surface area contributed by atoms with Crippen molar-refractivity contribution < 1.29 is 9.18 Å². The van der Waals surface area contributed by atoms with Crippen LogP contribution in [0.5, 0.6) is 0 Å². The zero-order chi connectivity index (χ0) is 14.5. The van der Waals surface area contributed by atoms with Gasteiger partial charge >= 0.3 is 0 Å². The average molecular weight is 315 g/mol. The van der Waals surface area contributed by atoms with Crippen LogP contribution < -0.4 is 11.1 Å². The summed E-state index contributed by atoms with van der Waals surface area (Å²) in [7, 11) is 0. The molecule has 0 saturated heterocycles. The molecule has 1 saturated carbocycles. The molecule has 1 fully saturated rings. The van der Waals surface area contributed by atoms with Crippen LogP contribution in [0.2, 0.25) is 0 Å². The van der Waals surface area contributed by atoms with Crippen LogP contribution in [-0.4, -0.2) is 18.5 Å². The van der Waals surface area contributed by atoms with Crippen molar-refractivity contribution in [3.05, 3.63) is 35.6 Å². The first-order valence-electron chi connectivity index (χ1n) is 7.35. The number of aryl methyl sites for hydroxylation is 1. The van der Waals surface area contributed by atoms with Gasteiger partial charge in [-0.25, -0.2) is 4.39 Å². The summed E-state index contributed by atoms with van der Waals surface area (Å²) >= 11 is 0. The molecule has 21 heavy (non-hydrogen) atoms. The highest BCUT2D eigenvalue weighted by molar-refractivity contribution is 5.85. The van der Waals surface area contributed by atoms with Gasteiger partial charge in [0, 0.05) is 18.5 Å². The van der Waals surface area contributed by atoms with Gasteiger partial charge in [-0.2, -0.15) is 0 Å². The fourth-order valence-corrected chi connectivity index (χ4v) is 2.40. The quantitative estimate of drug-likeness (QED) is 0.813. The molecule has 2 unspecified atom stereocenters. The molecule has 3 N–H and O–H groups in total. The van der Waals surface area contributed by atoms with E-state index >= 15 is 0 Å². The van der Waals surface area contributed by atoms with Crippen molar-refractivity contribution in [3.63, 3.8) is 0 Å². The van der Waals surface area contributed by atoms with Crippen molar-refractivity contribution in [1.29, 1.82) is 0 Å². The highest BCUT2D eigenvalue weighted by Crippen LogP contribution is 2.32. The largest absolute Gasteiger partial charge is 0.352 e. The van der Waals surface area contributed by atoms with Crippen molar-refractivity contribution in [2.75, 3.05) is 6.54 Å². The van der Waals surface area contributed by atoms with Crippen LogP contribution in [0.25, 0.3) is 0 Å². The number of rotatable bonds is 7. The van der Waals surface area contributed by atoms with Crippen LogP contribution in [0.15, 0.2) is 24.3 Å². The number of nitrogens with two attached hydrogens (primary N) is 1. The summed E-state index contributed by atoms with van der Waals surface area (Å²) in [6.07, 6.45) is 3.76. The third kappa shape index (κ3) is 5.64. The van der Waals surface area contributed by atoms with Gasteiger partial charge in [0.1, 0.15) is 5.82 Å². The molecular formula is C16H24ClFN2O. The molecule has 1 amide bonds. The summed E-state index contributed by atoms with van der Waals surface area (Å²) in [6.45, 7) is 2.42. The molecule has 0 bridgehead atoms. The summed E-state index contributed by atoms with van der Waals surface area (Å²) in [5.41, 5.74) is 6.62. The Labute approximate surface area is 131 Å². The number of carbonyl (C=O) groups is 1. The molecule has 5 heteroatoms. The third-order valence-corrected chi connectivity index (χ3v) is 3.98. The molecule has 3 nitrogen and oxygen atoms in total. The first kappa shape index (κ1) is 17.9. The molecule has 0 spiro atoms. The molecule has 1 aromatic carbocycles. The van der Waals surface area contributed by atoms with Gasteiger partial charge < -0.3 is 11.1 Å². The summed E-state index contributed by atoms with van der Waals surface area (Å²) in [4.78, 5) is 12.1. The number of benzene rings is 1. The second-order valence-electron chi connectivity index (χ2n) is 5.76. The Hall–Kier alpha value is -1.13. The van der Waals surface area contributed by atoms with Gasteiger partial charge in [-0.15, -0.1) is 12.4 Å². The zero-order valence-electron chi connectivity index (χ0n) is 12.3. The summed E-state index contributed by atoms with van der Waals surface area (Å²) in [5.74, 6) is 0.325. The fraction of sp³-hybridized carbons (Fsp3) is 0.562. The van der Waals surface area contributed by atoms with Gasteiger partial charge in [0.2, 0.25) is 5.91 Å². The molecular weight excluding hydrogens is 291 g/mol. The van der Waals surface area contributed by atoms with Crippen LogP contribution >= 0.6 is 12.4 Å². The third-order valence-electron chi connectivity index (χ3n) is 3.98. The fourth-order valence-electron chi connectivity index (χ4n) is 2.40. The Balaban J connectivity index is 0.00000220. The molecule has 0 heterocycles. The van der Waals surface area contributed by atoms with Gasteiger partial charge in [-0.05, 0) is 49.3 Å². The molecule has 0 aliphatic heterocycles. The minimum atomic E-state index is -0.225. The lowest BCUT2D eigenvalue weighted by molar-refractivity contribution is -0.125. The molecule has 1 aliphatic carbocycles. The van der Waals surface area contributed by atoms with E-state index in [1.54, 1.807) is 6.07 Å². The maximum Gasteiger partial charge on any atom is 0.223 e. The highest BCUT2D eigenvalue weighted by Gasteiger charge is 2.31. The van der Waals surface area contributed by atoms with E-state index in [1.165, 1.54) is 25.0 Å². The van der Waals surface area contributed by atoms with Crippen LogP contribution in [0.4, 0.5) is 4.39 Å². The van der Waals surface area contributed by atoms with Crippen LogP contribution in [0.3, 0.4) is 0 Å². The predicted octanol–water partition coefficient (Wildman–Crippen LogP) is 2.67. The maximum atomic E-state index is 13.1. The van der Waals surface area contributed by atoms with E-state index in [0.717, 1.165) is 12.0 Å². The van der Waals surface area contributed by atoms with E-state index in [1.807, 2.05) is 13.0 Å². The van der Waals surface area contributed by atoms with Crippen molar-refractivity contribution in [3.8, 4) is 0 Å². The molecule has 0 aromatic heterocycles. The number of halogens is 2. The number of hydrogen-bond acceptors (Lipinski definition) is 2. The Morgan fingerprint density at radius 2 is 2.19 bits per heavy atom. The van der Waals surface area contributed by atoms with E-state index in [9.17, 15) is 9.18 Å². The van der Waals surface area contributed by atoms with E-state index < -0.39 is 0 Å². The molecule has 1 aliphatic rings. The zero-order valence-corrected chi connectivity index (χ0v) is 13.2. The number of amides is 1. The van der Waals surface area contributed by atoms with Crippen molar-refractivity contribution in [1.82, 2.24) is 5.32 Å². The molecule has 118 valence electrons. The second kappa shape index (κ2) is 8.35. The van der Waals surface area contributed by atoms with Gasteiger partial charge in [-0.1, -0.05) is 19.1 Å². The molecule has 2 rings (SSSR count). The maximum absolute atomic E-state index is 13.1. The van der Waals surface area contributed by atoms with E-state index in [-0.39, 0.29) is 36.1 Å². The lowest BCUT2D eigenvalue weighted by atomic mass is 9.99. The monoisotopic (exact) mass is 314 g/mol. The summed E-state index contributed by atoms with van der Waals surface area (Å²) in [6, 6.07) is 6.67. The predicted molar refractivity (Wildman–Crippen MR) is 84.8 cm³/mol. The Morgan fingerprint density at radius 3 is 2.76 bits per heavy atom. The van der Waals surface area contributed by atoms with Crippen LogP contribution in [0, 0.1) is 17.7 Å².